The Morgan fingerprint density at radius 3 is 2.38 bits per heavy atom. The molecule has 0 N–H and O–H groups in total. The van der Waals surface area contributed by atoms with E-state index in [0.717, 1.165) is 29.2 Å². The molecule has 0 bridgehead atoms. The summed E-state index contributed by atoms with van der Waals surface area (Å²) in [6, 6.07) is 12.5. The molecule has 1 amide bonds. The van der Waals surface area contributed by atoms with E-state index in [4.69, 9.17) is 4.74 Å². The van der Waals surface area contributed by atoms with Crippen LogP contribution in [0.3, 0.4) is 0 Å². The van der Waals surface area contributed by atoms with Gasteiger partial charge in [0.1, 0.15) is 12.4 Å². The van der Waals surface area contributed by atoms with Gasteiger partial charge in [-0.2, -0.15) is 0 Å². The van der Waals surface area contributed by atoms with Gasteiger partial charge in [-0.3, -0.25) is 14.7 Å². The molecular weight excluding hydrogens is 610 g/mol. The van der Waals surface area contributed by atoms with E-state index < -0.39 is 0 Å². The van der Waals surface area contributed by atoms with Gasteiger partial charge in [0, 0.05) is 13.1 Å². The van der Waals surface area contributed by atoms with E-state index in [2.05, 4.69) is 93.5 Å². The zero-order valence-corrected chi connectivity index (χ0v) is 21.7. The SMILES string of the molecule is CCN=C1S/C(=C/c2cc(I)c(OCc3ccc(C)cc3)c(I)c2)C(=O)N1CC. The summed E-state index contributed by atoms with van der Waals surface area (Å²) in [5.74, 6) is 0.900. The number of carbonyl (C=O) groups is 1. The van der Waals surface area contributed by atoms with Crippen molar-refractivity contribution < 1.29 is 9.53 Å². The fourth-order valence-corrected chi connectivity index (χ4v) is 6.06. The molecule has 7 heteroatoms. The minimum absolute atomic E-state index is 0.0226. The van der Waals surface area contributed by atoms with E-state index in [0.29, 0.717) is 24.6 Å². The minimum Gasteiger partial charge on any atom is -0.487 e. The minimum atomic E-state index is 0.0226. The summed E-state index contributed by atoms with van der Waals surface area (Å²) in [7, 11) is 0. The highest BCUT2D eigenvalue weighted by Gasteiger charge is 2.31. The third-order valence-electron chi connectivity index (χ3n) is 4.32. The standard InChI is InChI=1S/C22H22I2N2O2S/c1-4-25-22-26(5-2)21(27)19(29-22)12-16-10-17(23)20(18(24)11-16)28-13-15-8-6-14(3)7-9-15/h6-12H,4-5,13H2,1-3H3/b19-12+,25-22?. The van der Waals surface area contributed by atoms with Crippen LogP contribution in [-0.4, -0.2) is 29.1 Å². The topological polar surface area (TPSA) is 41.9 Å². The number of ether oxygens (including phenoxy) is 1. The van der Waals surface area contributed by atoms with Crippen molar-refractivity contribution in [2.75, 3.05) is 13.1 Å². The number of nitrogens with zero attached hydrogens (tertiary/aromatic N) is 2. The van der Waals surface area contributed by atoms with Crippen molar-refractivity contribution in [3.05, 3.63) is 65.1 Å². The fraction of sp³-hybridized carbons (Fsp3) is 0.273. The van der Waals surface area contributed by atoms with Gasteiger partial charge in [0.2, 0.25) is 0 Å². The van der Waals surface area contributed by atoms with Crippen LogP contribution in [0, 0.1) is 14.1 Å². The third kappa shape index (κ3) is 5.55. The smallest absolute Gasteiger partial charge is 0.266 e. The van der Waals surface area contributed by atoms with Gasteiger partial charge < -0.3 is 4.74 Å². The molecule has 4 nitrogen and oxygen atoms in total. The number of rotatable bonds is 6. The van der Waals surface area contributed by atoms with Crippen LogP contribution in [0.25, 0.3) is 6.08 Å². The average Bonchev–Trinajstić information content (AvgIpc) is 2.97. The van der Waals surface area contributed by atoms with E-state index in [1.807, 2.05) is 19.9 Å². The summed E-state index contributed by atoms with van der Waals surface area (Å²) in [5, 5.41) is 0.786. The maximum absolute atomic E-state index is 12.7. The number of likely N-dealkylation sites (N-methyl/N-ethyl adjacent to an activating group) is 1. The van der Waals surface area contributed by atoms with Gasteiger partial charge in [0.15, 0.2) is 5.17 Å². The lowest BCUT2D eigenvalue weighted by Crippen LogP contribution is -2.28. The first-order valence-corrected chi connectivity index (χ1v) is 12.3. The maximum atomic E-state index is 12.7. The van der Waals surface area contributed by atoms with Crippen molar-refractivity contribution in [1.82, 2.24) is 4.90 Å². The van der Waals surface area contributed by atoms with Crippen LogP contribution < -0.4 is 4.74 Å². The molecule has 1 fully saturated rings. The fourth-order valence-electron chi connectivity index (χ4n) is 2.83. The van der Waals surface area contributed by atoms with Crippen molar-refractivity contribution >= 4 is 74.1 Å². The van der Waals surface area contributed by atoms with Gasteiger partial charge >= 0.3 is 0 Å². The van der Waals surface area contributed by atoms with Gasteiger partial charge in [-0.05, 0) is 107 Å². The Labute approximate surface area is 203 Å². The molecule has 0 radical (unpaired) electrons. The lowest BCUT2D eigenvalue weighted by atomic mass is 10.1. The highest BCUT2D eigenvalue weighted by molar-refractivity contribution is 14.1. The Bertz CT molecular complexity index is 948. The van der Waals surface area contributed by atoms with E-state index in [-0.39, 0.29) is 5.91 Å². The van der Waals surface area contributed by atoms with Gasteiger partial charge in [-0.1, -0.05) is 29.8 Å². The van der Waals surface area contributed by atoms with Crippen LogP contribution in [0.2, 0.25) is 0 Å². The summed E-state index contributed by atoms with van der Waals surface area (Å²) in [6.45, 7) is 7.86. The van der Waals surface area contributed by atoms with Gasteiger partial charge in [0.25, 0.3) is 5.91 Å². The number of hydrogen-bond donors (Lipinski definition) is 0. The number of hydrogen-bond acceptors (Lipinski definition) is 4. The number of halogens is 2. The first-order valence-electron chi connectivity index (χ1n) is 9.36. The maximum Gasteiger partial charge on any atom is 0.266 e. The Balaban J connectivity index is 1.80. The van der Waals surface area contributed by atoms with Crippen LogP contribution in [0.15, 0.2) is 46.3 Å². The molecule has 29 heavy (non-hydrogen) atoms. The summed E-state index contributed by atoms with van der Waals surface area (Å²) in [4.78, 5) is 19.6. The monoisotopic (exact) mass is 632 g/mol. The summed E-state index contributed by atoms with van der Waals surface area (Å²) in [6.07, 6.45) is 1.95. The number of carbonyl (C=O) groups excluding carboxylic acids is 1. The number of amidine groups is 1. The van der Waals surface area contributed by atoms with E-state index in [9.17, 15) is 4.79 Å². The Hall–Kier alpha value is -1.07. The van der Waals surface area contributed by atoms with Crippen molar-refractivity contribution in [3.63, 3.8) is 0 Å². The van der Waals surface area contributed by atoms with E-state index in [1.165, 1.54) is 17.3 Å². The van der Waals surface area contributed by atoms with E-state index in [1.54, 1.807) is 4.90 Å². The highest BCUT2D eigenvalue weighted by Crippen LogP contribution is 2.35. The Kier molecular flexibility index (Phi) is 8.03. The van der Waals surface area contributed by atoms with Crippen molar-refractivity contribution in [3.8, 4) is 5.75 Å². The quantitative estimate of drug-likeness (QED) is 0.286. The number of benzene rings is 2. The third-order valence-corrected chi connectivity index (χ3v) is 6.97. The molecule has 1 aliphatic rings. The second kappa shape index (κ2) is 10.3. The molecule has 2 aromatic rings. The molecule has 3 rings (SSSR count). The molecule has 1 aliphatic heterocycles. The Morgan fingerprint density at radius 1 is 1.14 bits per heavy atom. The lowest BCUT2D eigenvalue weighted by Gasteiger charge is -2.12. The Morgan fingerprint density at radius 2 is 1.79 bits per heavy atom. The first-order chi connectivity index (χ1) is 13.9. The zero-order valence-electron chi connectivity index (χ0n) is 16.5. The highest BCUT2D eigenvalue weighted by atomic mass is 127. The predicted molar refractivity (Wildman–Crippen MR) is 138 cm³/mol. The van der Waals surface area contributed by atoms with Crippen LogP contribution in [0.5, 0.6) is 5.75 Å². The largest absolute Gasteiger partial charge is 0.487 e. The lowest BCUT2D eigenvalue weighted by molar-refractivity contribution is -0.122. The summed E-state index contributed by atoms with van der Waals surface area (Å²) < 4.78 is 8.14. The average molecular weight is 632 g/mol. The molecule has 0 spiro atoms. The normalized spacial score (nSPS) is 16.9. The van der Waals surface area contributed by atoms with Crippen LogP contribution in [0.4, 0.5) is 0 Å². The molecule has 0 atom stereocenters. The van der Waals surface area contributed by atoms with Gasteiger partial charge in [-0.15, -0.1) is 0 Å². The van der Waals surface area contributed by atoms with Crippen molar-refractivity contribution in [2.24, 2.45) is 4.99 Å². The van der Waals surface area contributed by atoms with Crippen LogP contribution in [-0.2, 0) is 11.4 Å². The number of amides is 1. The molecule has 0 unspecified atom stereocenters. The predicted octanol–water partition coefficient (Wildman–Crippen LogP) is 6.10. The second-order valence-corrected chi connectivity index (χ2v) is 9.84. The number of aryl methyl sites for hydroxylation is 1. The van der Waals surface area contributed by atoms with Crippen molar-refractivity contribution in [2.45, 2.75) is 27.4 Å². The van der Waals surface area contributed by atoms with Crippen LogP contribution in [0.1, 0.15) is 30.5 Å². The molecule has 1 saturated heterocycles. The van der Waals surface area contributed by atoms with Gasteiger partial charge in [0.05, 0.1) is 12.0 Å². The summed E-state index contributed by atoms with van der Waals surface area (Å²) >= 11 is 6.04. The summed E-state index contributed by atoms with van der Waals surface area (Å²) in [5.41, 5.74) is 3.37. The van der Waals surface area contributed by atoms with Crippen LogP contribution >= 0.6 is 56.9 Å². The van der Waals surface area contributed by atoms with Gasteiger partial charge in [-0.25, -0.2) is 0 Å². The molecule has 1 heterocycles. The molecule has 0 aromatic heterocycles. The second-order valence-electron chi connectivity index (χ2n) is 6.50. The molecule has 0 saturated carbocycles. The van der Waals surface area contributed by atoms with E-state index >= 15 is 0 Å². The molecule has 0 aliphatic carbocycles. The van der Waals surface area contributed by atoms with Crippen molar-refractivity contribution in [1.29, 1.82) is 0 Å². The number of aliphatic imine (C=N–C) groups is 1. The zero-order chi connectivity index (χ0) is 21.0. The molecular formula is C22H22I2N2O2S. The molecule has 2 aromatic carbocycles. The molecule has 152 valence electrons. The first kappa shape index (κ1) is 22.6. The number of thioether (sulfide) groups is 1.